The minimum Gasteiger partial charge on any atom is -0.395 e. The number of aliphatic hydroxyl groups excluding tert-OH is 1. The van der Waals surface area contributed by atoms with Gasteiger partial charge in [0.15, 0.2) is 0 Å². The number of allylic oxidation sites excluding steroid dienone is 8. The summed E-state index contributed by atoms with van der Waals surface area (Å²) in [4.78, 5) is 2.48. The number of rotatable bonds is 32. The molecule has 43 heavy (non-hydrogen) atoms. The zero-order valence-corrected chi connectivity index (χ0v) is 29.2. The highest BCUT2D eigenvalue weighted by molar-refractivity contribution is 4.95. The zero-order chi connectivity index (χ0) is 30.9. The van der Waals surface area contributed by atoms with Crippen LogP contribution >= 0.6 is 0 Å². The molecule has 0 saturated carbocycles. The van der Waals surface area contributed by atoms with E-state index in [2.05, 4.69) is 67.4 Å². The molecule has 1 rings (SSSR count). The third-order valence-electron chi connectivity index (χ3n) is 9.35. The Bertz CT molecular complexity index is 634. The molecule has 2 nitrogen and oxygen atoms in total. The average Bonchev–Trinajstić information content (AvgIpc) is 2.99. The summed E-state index contributed by atoms with van der Waals surface area (Å²) in [5, 5.41) is 9.37. The van der Waals surface area contributed by atoms with Gasteiger partial charge in [-0.25, -0.2) is 0 Å². The van der Waals surface area contributed by atoms with E-state index in [1.54, 1.807) is 0 Å². The lowest BCUT2D eigenvalue weighted by Gasteiger charge is -2.51. The van der Waals surface area contributed by atoms with E-state index in [1.807, 2.05) is 0 Å². The van der Waals surface area contributed by atoms with Gasteiger partial charge in [0, 0.05) is 19.6 Å². The van der Waals surface area contributed by atoms with E-state index in [4.69, 9.17) is 0 Å². The van der Waals surface area contributed by atoms with Gasteiger partial charge in [-0.05, 0) is 82.5 Å². The van der Waals surface area contributed by atoms with Crippen molar-refractivity contribution in [2.75, 3.05) is 26.2 Å². The van der Waals surface area contributed by atoms with Crippen LogP contribution in [0.25, 0.3) is 0 Å². The van der Waals surface area contributed by atoms with Crippen molar-refractivity contribution in [3.05, 3.63) is 48.6 Å². The predicted molar refractivity (Wildman–Crippen MR) is 194 cm³/mol. The summed E-state index contributed by atoms with van der Waals surface area (Å²) in [7, 11) is 0. The van der Waals surface area contributed by atoms with Gasteiger partial charge in [0.1, 0.15) is 0 Å². The molecule has 0 radical (unpaired) electrons. The van der Waals surface area contributed by atoms with E-state index in [9.17, 15) is 5.11 Å². The number of nitrogens with zero attached hydrogens (tertiary/aromatic N) is 1. The molecule has 1 N–H and O–H groups in total. The van der Waals surface area contributed by atoms with Gasteiger partial charge in [0.25, 0.3) is 0 Å². The molecule has 1 aliphatic heterocycles. The molecule has 0 aromatic carbocycles. The third-order valence-corrected chi connectivity index (χ3v) is 9.35. The molecule has 0 spiro atoms. The van der Waals surface area contributed by atoms with Crippen LogP contribution in [0.3, 0.4) is 0 Å². The second-order valence-electron chi connectivity index (χ2n) is 13.6. The second kappa shape index (κ2) is 30.9. The fourth-order valence-corrected chi connectivity index (χ4v) is 6.62. The largest absolute Gasteiger partial charge is 0.395 e. The van der Waals surface area contributed by atoms with Crippen molar-refractivity contribution in [1.29, 1.82) is 0 Å². The molecule has 0 amide bonds. The number of hydrogen-bond donors (Lipinski definition) is 1. The molecule has 1 aliphatic rings. The summed E-state index contributed by atoms with van der Waals surface area (Å²) >= 11 is 0. The Morgan fingerprint density at radius 3 is 1.19 bits per heavy atom. The van der Waals surface area contributed by atoms with Crippen molar-refractivity contribution in [3.63, 3.8) is 0 Å². The van der Waals surface area contributed by atoms with E-state index in [1.165, 1.54) is 167 Å². The lowest BCUT2D eigenvalue weighted by molar-refractivity contribution is -0.0250. The lowest BCUT2D eigenvalue weighted by atomic mass is 9.71. The number of β-amino-alcohol motifs (C(OH)–C–C–N with tert-alkyl or cyclic N) is 1. The van der Waals surface area contributed by atoms with Gasteiger partial charge in [-0.15, -0.1) is 0 Å². The molecule has 0 aromatic rings. The maximum absolute atomic E-state index is 9.37. The number of unbranched alkanes of at least 4 members (excludes halogenated alkanes) is 18. The average molecular weight is 598 g/mol. The number of aliphatic hydroxyl groups is 1. The summed E-state index contributed by atoms with van der Waals surface area (Å²) in [6.07, 6.45) is 53.7. The van der Waals surface area contributed by atoms with Gasteiger partial charge in [-0.1, -0.05) is 152 Å². The van der Waals surface area contributed by atoms with Crippen LogP contribution in [0.2, 0.25) is 0 Å². The van der Waals surface area contributed by atoms with Crippen molar-refractivity contribution < 1.29 is 5.11 Å². The maximum atomic E-state index is 9.37. The van der Waals surface area contributed by atoms with Crippen LogP contribution in [-0.2, 0) is 0 Å². The first-order valence-electron chi connectivity index (χ1n) is 19.2. The Morgan fingerprint density at radius 2 is 0.814 bits per heavy atom. The van der Waals surface area contributed by atoms with Crippen LogP contribution < -0.4 is 0 Å². The Labute approximate surface area is 270 Å². The third kappa shape index (κ3) is 24.8. The fourth-order valence-electron chi connectivity index (χ4n) is 6.62. The quantitative estimate of drug-likeness (QED) is 0.0616. The van der Waals surface area contributed by atoms with E-state index >= 15 is 0 Å². The fraction of sp³-hybridized carbons (Fsp3) is 0.805. The predicted octanol–water partition coefficient (Wildman–Crippen LogP) is 12.7. The number of hydrogen-bond acceptors (Lipinski definition) is 2. The van der Waals surface area contributed by atoms with Gasteiger partial charge >= 0.3 is 0 Å². The van der Waals surface area contributed by atoms with E-state index in [-0.39, 0.29) is 0 Å². The second-order valence-corrected chi connectivity index (χ2v) is 13.6. The van der Waals surface area contributed by atoms with Gasteiger partial charge in [-0.3, -0.25) is 4.90 Å². The highest BCUT2D eigenvalue weighted by atomic mass is 16.3. The minimum atomic E-state index is 0.311. The minimum absolute atomic E-state index is 0.311. The lowest BCUT2D eigenvalue weighted by Crippen LogP contribution is -2.56. The molecule has 0 bridgehead atoms. The van der Waals surface area contributed by atoms with Gasteiger partial charge < -0.3 is 5.11 Å². The van der Waals surface area contributed by atoms with Crippen LogP contribution in [0.5, 0.6) is 0 Å². The van der Waals surface area contributed by atoms with Crippen molar-refractivity contribution in [2.24, 2.45) is 5.41 Å². The molecule has 0 atom stereocenters. The zero-order valence-electron chi connectivity index (χ0n) is 29.2. The molecule has 2 heteroatoms. The molecule has 0 aliphatic carbocycles. The smallest absolute Gasteiger partial charge is 0.0558 e. The van der Waals surface area contributed by atoms with Gasteiger partial charge in [0.2, 0.25) is 0 Å². The van der Waals surface area contributed by atoms with Crippen LogP contribution in [0.15, 0.2) is 48.6 Å². The molecule has 1 fully saturated rings. The maximum Gasteiger partial charge on any atom is 0.0558 e. The number of likely N-dealkylation sites (tertiary alicyclic amines) is 1. The molecular weight excluding hydrogens is 522 g/mol. The molecular formula is C41H75NO. The summed E-state index contributed by atoms with van der Waals surface area (Å²) in [6.45, 7) is 8.18. The molecule has 250 valence electrons. The van der Waals surface area contributed by atoms with E-state index < -0.39 is 0 Å². The Hall–Kier alpha value is -1.12. The molecule has 0 unspecified atom stereocenters. The van der Waals surface area contributed by atoms with Crippen molar-refractivity contribution >= 4 is 0 Å². The SMILES string of the molecule is CCCCCC=CCC=CCCCCCCCCC1(CCCCCCCCC=CCC=CCCCCC)CN(CCO)C1. The summed E-state index contributed by atoms with van der Waals surface area (Å²) in [5.41, 5.74) is 0.555. The molecule has 1 heterocycles. The first-order valence-corrected chi connectivity index (χ1v) is 19.2. The van der Waals surface area contributed by atoms with Crippen LogP contribution in [0.4, 0.5) is 0 Å². The monoisotopic (exact) mass is 598 g/mol. The normalized spacial score (nSPS) is 15.6. The van der Waals surface area contributed by atoms with E-state index in [0.717, 1.165) is 19.4 Å². The van der Waals surface area contributed by atoms with Crippen molar-refractivity contribution in [2.45, 2.75) is 181 Å². The first kappa shape index (κ1) is 39.9. The topological polar surface area (TPSA) is 23.5 Å². The first-order chi connectivity index (χ1) is 21.3. The van der Waals surface area contributed by atoms with Gasteiger partial charge in [-0.2, -0.15) is 0 Å². The molecule has 0 aromatic heterocycles. The molecule has 1 saturated heterocycles. The van der Waals surface area contributed by atoms with Crippen molar-refractivity contribution in [1.82, 2.24) is 4.90 Å². The van der Waals surface area contributed by atoms with Gasteiger partial charge in [0.05, 0.1) is 6.61 Å². The van der Waals surface area contributed by atoms with Crippen LogP contribution in [0, 0.1) is 5.41 Å². The Morgan fingerprint density at radius 1 is 0.465 bits per heavy atom. The van der Waals surface area contributed by atoms with Crippen molar-refractivity contribution in [3.8, 4) is 0 Å². The van der Waals surface area contributed by atoms with Crippen LogP contribution in [0.1, 0.15) is 181 Å². The highest BCUT2D eigenvalue weighted by Gasteiger charge is 2.40. The van der Waals surface area contributed by atoms with Crippen LogP contribution in [-0.4, -0.2) is 36.2 Å². The van der Waals surface area contributed by atoms with E-state index in [0.29, 0.717) is 12.0 Å². The Balaban J connectivity index is 2.02. The summed E-state index contributed by atoms with van der Waals surface area (Å²) in [5.74, 6) is 0. The highest BCUT2D eigenvalue weighted by Crippen LogP contribution is 2.40. The summed E-state index contributed by atoms with van der Waals surface area (Å²) in [6, 6.07) is 0. The standard InChI is InChI=1S/C41H75NO/c1-3-5-7-9-11-13-15-17-19-21-23-25-27-29-31-33-35-41(39-42(40-41)37-38-43)36-34-32-30-28-26-24-22-20-18-16-14-12-10-8-6-4-2/h11-14,17-20,43H,3-10,15-16,21-40H2,1-2H3. The summed E-state index contributed by atoms with van der Waals surface area (Å²) < 4.78 is 0. The Kier molecular flexibility index (Phi) is 28.7.